The predicted octanol–water partition coefficient (Wildman–Crippen LogP) is 1.48. The summed E-state index contributed by atoms with van der Waals surface area (Å²) in [6.07, 6.45) is 1.94. The summed E-state index contributed by atoms with van der Waals surface area (Å²) in [6, 6.07) is 0. The number of aliphatic hydroxyl groups excluding tert-OH is 2. The van der Waals surface area contributed by atoms with Gasteiger partial charge in [-0.15, -0.1) is 0 Å². The second-order valence-electron chi connectivity index (χ2n) is 6.12. The monoisotopic (exact) mass is 280 g/mol. The maximum absolute atomic E-state index is 10.4. The van der Waals surface area contributed by atoms with Gasteiger partial charge in [0.1, 0.15) is 5.75 Å². The molecule has 1 aromatic carbocycles. The summed E-state index contributed by atoms with van der Waals surface area (Å²) in [5, 5.41) is 29.3. The van der Waals surface area contributed by atoms with Gasteiger partial charge in [0.2, 0.25) is 0 Å². The van der Waals surface area contributed by atoms with Crippen molar-refractivity contribution in [2.75, 3.05) is 20.3 Å². The highest BCUT2D eigenvalue weighted by Crippen LogP contribution is 2.45. The summed E-state index contributed by atoms with van der Waals surface area (Å²) < 4.78 is 5.31. The molecule has 4 nitrogen and oxygen atoms in total. The van der Waals surface area contributed by atoms with Crippen LogP contribution in [0.4, 0.5) is 0 Å². The minimum absolute atomic E-state index is 0.0487. The molecule has 2 rings (SSSR count). The number of fused-ring (bicyclic) bond motifs is 1. The van der Waals surface area contributed by atoms with Crippen molar-refractivity contribution >= 4 is 0 Å². The number of aromatic hydroxyl groups is 1. The van der Waals surface area contributed by atoms with Gasteiger partial charge in [-0.2, -0.15) is 0 Å². The van der Waals surface area contributed by atoms with E-state index in [1.807, 2.05) is 13.8 Å². The molecule has 1 atom stereocenters. The molecule has 0 radical (unpaired) electrons. The Balaban J connectivity index is 2.61. The predicted molar refractivity (Wildman–Crippen MR) is 76.9 cm³/mol. The summed E-state index contributed by atoms with van der Waals surface area (Å²) in [7, 11) is 1.65. The Hall–Kier alpha value is -1.10. The number of ether oxygens (including phenoxy) is 1. The summed E-state index contributed by atoms with van der Waals surface area (Å²) >= 11 is 0. The number of phenolic OH excluding ortho intramolecular Hbond substituents is 1. The lowest BCUT2D eigenvalue weighted by molar-refractivity contribution is 0.150. The van der Waals surface area contributed by atoms with E-state index in [2.05, 4.69) is 0 Å². The number of benzene rings is 1. The largest absolute Gasteiger partial charge is 0.507 e. The van der Waals surface area contributed by atoms with E-state index < -0.39 is 0 Å². The summed E-state index contributed by atoms with van der Waals surface area (Å²) in [6.45, 7) is 4.54. The summed E-state index contributed by atoms with van der Waals surface area (Å²) in [5.41, 5.74) is 4.69. The third-order valence-corrected chi connectivity index (χ3v) is 4.43. The molecule has 0 heterocycles. The number of methoxy groups -OCH3 is 1. The zero-order valence-electron chi connectivity index (χ0n) is 12.5. The first-order valence-corrected chi connectivity index (χ1v) is 7.03. The topological polar surface area (TPSA) is 69.9 Å². The molecule has 1 aromatic rings. The fourth-order valence-corrected chi connectivity index (χ4v) is 3.30. The molecule has 4 heteroatoms. The van der Waals surface area contributed by atoms with Crippen LogP contribution in [0.2, 0.25) is 0 Å². The molecule has 0 bridgehead atoms. The lowest BCUT2D eigenvalue weighted by atomic mass is 9.88. The Morgan fingerprint density at radius 3 is 2.35 bits per heavy atom. The van der Waals surface area contributed by atoms with Crippen molar-refractivity contribution in [2.45, 2.75) is 39.7 Å². The molecule has 112 valence electrons. The minimum Gasteiger partial charge on any atom is -0.507 e. The molecule has 0 fully saturated rings. The van der Waals surface area contributed by atoms with Crippen LogP contribution < -0.4 is 0 Å². The second-order valence-corrected chi connectivity index (χ2v) is 6.12. The fourth-order valence-electron chi connectivity index (χ4n) is 3.30. The number of hydrogen-bond acceptors (Lipinski definition) is 4. The van der Waals surface area contributed by atoms with Crippen LogP contribution in [-0.4, -0.2) is 35.6 Å². The molecule has 0 amide bonds. The van der Waals surface area contributed by atoms with E-state index in [-0.39, 0.29) is 18.6 Å². The maximum atomic E-state index is 10.4. The van der Waals surface area contributed by atoms with Crippen LogP contribution in [0.25, 0.3) is 0 Å². The standard InChI is InChI=1S/C16H24O4/c1-10-11(4-5-17)14(8-20-3)12-6-16(2,9-18)7-13(12)15(10)19/h17-19H,4-9H2,1-3H3. The molecule has 1 aliphatic rings. The molecule has 0 saturated carbocycles. The maximum Gasteiger partial charge on any atom is 0.122 e. The van der Waals surface area contributed by atoms with Crippen LogP contribution in [0.15, 0.2) is 0 Å². The Morgan fingerprint density at radius 2 is 1.80 bits per heavy atom. The van der Waals surface area contributed by atoms with Gasteiger partial charge in [0.05, 0.1) is 6.61 Å². The molecule has 20 heavy (non-hydrogen) atoms. The number of aliphatic hydroxyl groups is 2. The first kappa shape index (κ1) is 15.3. The van der Waals surface area contributed by atoms with Crippen molar-refractivity contribution in [1.29, 1.82) is 0 Å². The second kappa shape index (κ2) is 5.72. The van der Waals surface area contributed by atoms with Crippen LogP contribution in [0.5, 0.6) is 5.75 Å². The Kier molecular flexibility index (Phi) is 4.37. The van der Waals surface area contributed by atoms with Crippen molar-refractivity contribution in [3.8, 4) is 5.75 Å². The van der Waals surface area contributed by atoms with E-state index >= 15 is 0 Å². The summed E-state index contributed by atoms with van der Waals surface area (Å²) in [5.74, 6) is 0.320. The highest BCUT2D eigenvalue weighted by atomic mass is 16.5. The quantitative estimate of drug-likeness (QED) is 0.764. The van der Waals surface area contributed by atoms with Crippen molar-refractivity contribution in [3.63, 3.8) is 0 Å². The van der Waals surface area contributed by atoms with Crippen LogP contribution in [0.1, 0.15) is 34.7 Å². The zero-order valence-corrected chi connectivity index (χ0v) is 12.5. The fraction of sp³-hybridized carbons (Fsp3) is 0.625. The molecule has 3 N–H and O–H groups in total. The third kappa shape index (κ3) is 2.43. The molecule has 0 spiro atoms. The van der Waals surface area contributed by atoms with Crippen molar-refractivity contribution < 1.29 is 20.1 Å². The van der Waals surface area contributed by atoms with E-state index in [4.69, 9.17) is 4.74 Å². The molecule has 0 aromatic heterocycles. The van der Waals surface area contributed by atoms with Crippen LogP contribution in [0.3, 0.4) is 0 Å². The van der Waals surface area contributed by atoms with E-state index in [1.165, 1.54) is 0 Å². The number of phenols is 1. The Morgan fingerprint density at radius 1 is 1.15 bits per heavy atom. The summed E-state index contributed by atoms with van der Waals surface area (Å²) in [4.78, 5) is 0. The Bertz CT molecular complexity index is 510. The van der Waals surface area contributed by atoms with Gasteiger partial charge in [-0.1, -0.05) is 6.92 Å². The van der Waals surface area contributed by atoms with Crippen LogP contribution >= 0.6 is 0 Å². The van der Waals surface area contributed by atoms with Gasteiger partial charge in [0, 0.05) is 20.3 Å². The van der Waals surface area contributed by atoms with Gasteiger partial charge >= 0.3 is 0 Å². The lowest BCUT2D eigenvalue weighted by Gasteiger charge is -2.20. The lowest BCUT2D eigenvalue weighted by Crippen LogP contribution is -2.21. The molecular weight excluding hydrogens is 256 g/mol. The van der Waals surface area contributed by atoms with E-state index in [0.29, 0.717) is 25.2 Å². The van der Waals surface area contributed by atoms with Gasteiger partial charge in [0.15, 0.2) is 0 Å². The van der Waals surface area contributed by atoms with Crippen LogP contribution in [-0.2, 0) is 30.6 Å². The molecule has 0 aliphatic heterocycles. The van der Waals surface area contributed by atoms with Crippen molar-refractivity contribution in [3.05, 3.63) is 27.8 Å². The van der Waals surface area contributed by atoms with Gasteiger partial charge in [-0.25, -0.2) is 0 Å². The van der Waals surface area contributed by atoms with Gasteiger partial charge in [-0.3, -0.25) is 0 Å². The average Bonchev–Trinajstić information content (AvgIpc) is 2.79. The average molecular weight is 280 g/mol. The first-order valence-electron chi connectivity index (χ1n) is 7.03. The highest BCUT2D eigenvalue weighted by Gasteiger charge is 2.37. The minimum atomic E-state index is -0.216. The van der Waals surface area contributed by atoms with E-state index in [1.54, 1.807) is 7.11 Å². The molecule has 0 saturated heterocycles. The van der Waals surface area contributed by atoms with Crippen molar-refractivity contribution in [2.24, 2.45) is 5.41 Å². The molecule has 1 unspecified atom stereocenters. The Labute approximate surface area is 120 Å². The van der Waals surface area contributed by atoms with E-state index in [0.717, 1.165) is 34.2 Å². The smallest absolute Gasteiger partial charge is 0.122 e. The molecule has 1 aliphatic carbocycles. The first-order chi connectivity index (χ1) is 9.47. The van der Waals surface area contributed by atoms with Gasteiger partial charge < -0.3 is 20.1 Å². The molecular formula is C16H24O4. The normalized spacial score (nSPS) is 21.2. The third-order valence-electron chi connectivity index (χ3n) is 4.43. The highest BCUT2D eigenvalue weighted by molar-refractivity contribution is 5.57. The number of rotatable bonds is 5. The van der Waals surface area contributed by atoms with E-state index in [9.17, 15) is 15.3 Å². The zero-order chi connectivity index (χ0) is 14.9. The number of hydrogen-bond donors (Lipinski definition) is 3. The van der Waals surface area contributed by atoms with Gasteiger partial charge in [0.25, 0.3) is 0 Å². The van der Waals surface area contributed by atoms with Gasteiger partial charge in [-0.05, 0) is 59.4 Å². The van der Waals surface area contributed by atoms with Crippen molar-refractivity contribution in [1.82, 2.24) is 0 Å². The van der Waals surface area contributed by atoms with Crippen LogP contribution in [0, 0.1) is 12.3 Å². The SMILES string of the molecule is COCc1c(CCO)c(C)c(O)c2c1CC(C)(CO)C2.